The topological polar surface area (TPSA) is 76.6 Å². The predicted octanol–water partition coefficient (Wildman–Crippen LogP) is 3.65. The van der Waals surface area contributed by atoms with Crippen molar-refractivity contribution in [3.8, 4) is 23.4 Å². The van der Waals surface area contributed by atoms with Crippen molar-refractivity contribution in [2.24, 2.45) is 0 Å². The summed E-state index contributed by atoms with van der Waals surface area (Å²) in [7, 11) is 0. The van der Waals surface area contributed by atoms with E-state index in [2.05, 4.69) is 15.1 Å². The van der Waals surface area contributed by atoms with Gasteiger partial charge in [0.05, 0.1) is 17.3 Å². The third-order valence-corrected chi connectivity index (χ3v) is 3.25. The van der Waals surface area contributed by atoms with Crippen LogP contribution in [-0.4, -0.2) is 19.7 Å². The molecular weight excluding hydrogens is 335 g/mol. The van der Waals surface area contributed by atoms with Crippen LogP contribution in [0.15, 0.2) is 43.0 Å². The van der Waals surface area contributed by atoms with E-state index in [9.17, 15) is 18.4 Å². The van der Waals surface area contributed by atoms with Crippen LogP contribution in [0.25, 0.3) is 5.69 Å². The highest BCUT2D eigenvalue weighted by molar-refractivity contribution is 5.58. The highest BCUT2D eigenvalue weighted by Gasteiger charge is 2.32. The fourth-order valence-corrected chi connectivity index (χ4v) is 2.12. The highest BCUT2D eigenvalue weighted by atomic mass is 19.4. The Morgan fingerprint density at radius 2 is 2.04 bits per heavy atom. The van der Waals surface area contributed by atoms with Crippen LogP contribution < -0.4 is 4.74 Å². The maximum absolute atomic E-state index is 12.8. The summed E-state index contributed by atoms with van der Waals surface area (Å²) in [6.45, 7) is 1.74. The van der Waals surface area contributed by atoms with E-state index in [1.54, 1.807) is 19.1 Å². The van der Waals surface area contributed by atoms with Crippen molar-refractivity contribution < 1.29 is 17.9 Å². The first kappa shape index (κ1) is 16.4. The molecule has 0 amide bonds. The van der Waals surface area contributed by atoms with Crippen molar-refractivity contribution in [2.75, 3.05) is 0 Å². The van der Waals surface area contributed by atoms with Crippen molar-refractivity contribution in [2.45, 2.75) is 13.1 Å². The van der Waals surface area contributed by atoms with Crippen molar-refractivity contribution in [3.63, 3.8) is 0 Å². The molecule has 0 unspecified atom stereocenters. The summed E-state index contributed by atoms with van der Waals surface area (Å²) < 4.78 is 45.1. The minimum atomic E-state index is -4.54. The van der Waals surface area contributed by atoms with Crippen LogP contribution >= 0.6 is 0 Å². The molecule has 126 valence electrons. The summed E-state index contributed by atoms with van der Waals surface area (Å²) in [6, 6.07) is 8.02. The van der Waals surface area contributed by atoms with Crippen LogP contribution in [0.1, 0.15) is 16.8 Å². The summed E-state index contributed by atoms with van der Waals surface area (Å²) in [5.74, 6) is 0.348. The zero-order valence-corrected chi connectivity index (χ0v) is 12.8. The molecule has 3 aromatic rings. The minimum absolute atomic E-state index is 0.0942. The second-order valence-electron chi connectivity index (χ2n) is 5.04. The Morgan fingerprint density at radius 3 is 2.68 bits per heavy atom. The SMILES string of the molecule is Cc1cc(Oc2cccc(C#N)c2-n2cc(C(F)(F)F)cn2)ncn1. The van der Waals surface area contributed by atoms with Crippen LogP contribution in [0.5, 0.6) is 11.6 Å². The first-order valence-electron chi connectivity index (χ1n) is 7.00. The number of aryl methyl sites for hydroxylation is 1. The summed E-state index contributed by atoms with van der Waals surface area (Å²) in [4.78, 5) is 7.88. The summed E-state index contributed by atoms with van der Waals surface area (Å²) in [6.07, 6.45) is -1.75. The van der Waals surface area contributed by atoms with Gasteiger partial charge in [0, 0.05) is 18.0 Å². The smallest absolute Gasteiger partial charge is 0.419 e. The zero-order chi connectivity index (χ0) is 18.0. The Bertz CT molecular complexity index is 959. The van der Waals surface area contributed by atoms with Gasteiger partial charge < -0.3 is 4.74 Å². The molecule has 0 saturated carbocycles. The lowest BCUT2D eigenvalue weighted by atomic mass is 10.2. The number of para-hydroxylation sites is 1. The van der Waals surface area contributed by atoms with Crippen molar-refractivity contribution in [3.05, 3.63) is 59.8 Å². The number of aromatic nitrogens is 4. The molecule has 9 heteroatoms. The maximum atomic E-state index is 12.8. The van der Waals surface area contributed by atoms with Gasteiger partial charge >= 0.3 is 6.18 Å². The molecule has 0 aliphatic heterocycles. The molecule has 1 aromatic carbocycles. The first-order valence-corrected chi connectivity index (χ1v) is 7.00. The number of hydrogen-bond acceptors (Lipinski definition) is 5. The second-order valence-corrected chi connectivity index (χ2v) is 5.04. The quantitative estimate of drug-likeness (QED) is 0.724. The van der Waals surface area contributed by atoms with E-state index < -0.39 is 11.7 Å². The Hall–Kier alpha value is -3.41. The second kappa shape index (κ2) is 6.24. The average molecular weight is 345 g/mol. The van der Waals surface area contributed by atoms with Gasteiger partial charge in [0.25, 0.3) is 0 Å². The molecule has 0 saturated heterocycles. The number of hydrogen-bond donors (Lipinski definition) is 0. The molecule has 3 rings (SSSR count). The maximum Gasteiger partial charge on any atom is 0.419 e. The largest absolute Gasteiger partial charge is 0.437 e. The van der Waals surface area contributed by atoms with E-state index in [-0.39, 0.29) is 22.9 Å². The fourth-order valence-electron chi connectivity index (χ4n) is 2.12. The monoisotopic (exact) mass is 345 g/mol. The number of rotatable bonds is 3. The number of halogens is 3. The van der Waals surface area contributed by atoms with Gasteiger partial charge in [0.2, 0.25) is 5.88 Å². The third-order valence-electron chi connectivity index (χ3n) is 3.25. The normalized spacial score (nSPS) is 11.2. The van der Waals surface area contributed by atoms with Gasteiger partial charge in [-0.25, -0.2) is 14.6 Å². The van der Waals surface area contributed by atoms with Crippen LogP contribution in [0, 0.1) is 18.3 Å². The van der Waals surface area contributed by atoms with Gasteiger partial charge in [-0.3, -0.25) is 0 Å². The van der Waals surface area contributed by atoms with E-state index in [1.807, 2.05) is 6.07 Å². The average Bonchev–Trinajstić information content (AvgIpc) is 3.04. The number of alkyl halides is 3. The standard InChI is InChI=1S/C16H10F3N5O/c1-10-5-14(22-9-21-10)25-13-4-2-3-11(6-20)15(13)24-8-12(7-23-24)16(17,18)19/h2-5,7-9H,1H3. The van der Waals surface area contributed by atoms with E-state index >= 15 is 0 Å². The van der Waals surface area contributed by atoms with E-state index in [4.69, 9.17) is 4.74 Å². The lowest BCUT2D eigenvalue weighted by Gasteiger charge is -2.12. The van der Waals surface area contributed by atoms with Crippen molar-refractivity contribution in [1.29, 1.82) is 5.26 Å². The highest BCUT2D eigenvalue weighted by Crippen LogP contribution is 2.33. The molecule has 0 radical (unpaired) electrons. The van der Waals surface area contributed by atoms with Gasteiger partial charge in [-0.2, -0.15) is 23.5 Å². The third kappa shape index (κ3) is 3.42. The molecule has 0 N–H and O–H groups in total. The van der Waals surface area contributed by atoms with Crippen LogP contribution in [-0.2, 0) is 6.18 Å². The first-order chi connectivity index (χ1) is 11.9. The van der Waals surface area contributed by atoms with Gasteiger partial charge in [0.15, 0.2) is 5.75 Å². The van der Waals surface area contributed by atoms with Crippen LogP contribution in [0.4, 0.5) is 13.2 Å². The summed E-state index contributed by atoms with van der Waals surface area (Å²) >= 11 is 0. The molecular formula is C16H10F3N5O. The number of benzene rings is 1. The van der Waals surface area contributed by atoms with Gasteiger partial charge in [-0.15, -0.1) is 0 Å². The molecule has 2 heterocycles. The molecule has 0 atom stereocenters. The molecule has 25 heavy (non-hydrogen) atoms. The Morgan fingerprint density at radius 1 is 1.24 bits per heavy atom. The fraction of sp³-hybridized carbons (Fsp3) is 0.125. The number of nitriles is 1. The predicted molar refractivity (Wildman–Crippen MR) is 80.1 cm³/mol. The van der Waals surface area contributed by atoms with Crippen molar-refractivity contribution in [1.82, 2.24) is 19.7 Å². The molecule has 2 aromatic heterocycles. The molecule has 6 nitrogen and oxygen atoms in total. The molecule has 0 bridgehead atoms. The lowest BCUT2D eigenvalue weighted by molar-refractivity contribution is -0.137. The molecule has 0 spiro atoms. The Balaban J connectivity index is 2.09. The van der Waals surface area contributed by atoms with Gasteiger partial charge in [-0.1, -0.05) is 6.07 Å². The number of nitrogens with zero attached hydrogens (tertiary/aromatic N) is 5. The minimum Gasteiger partial charge on any atom is -0.437 e. The van der Waals surface area contributed by atoms with Gasteiger partial charge in [0.1, 0.15) is 18.1 Å². The molecule has 0 fully saturated rings. The lowest BCUT2D eigenvalue weighted by Crippen LogP contribution is -2.04. The zero-order valence-electron chi connectivity index (χ0n) is 12.8. The number of ether oxygens (including phenoxy) is 1. The summed E-state index contributed by atoms with van der Waals surface area (Å²) in [5, 5.41) is 13.0. The van der Waals surface area contributed by atoms with Gasteiger partial charge in [-0.05, 0) is 19.1 Å². The van der Waals surface area contributed by atoms with Crippen molar-refractivity contribution >= 4 is 0 Å². The van der Waals surface area contributed by atoms with E-state index in [0.29, 0.717) is 11.9 Å². The Labute approximate surface area is 140 Å². The summed E-state index contributed by atoms with van der Waals surface area (Å²) in [5.41, 5.74) is -0.0672. The van der Waals surface area contributed by atoms with E-state index in [0.717, 1.165) is 10.9 Å². The Kier molecular flexibility index (Phi) is 4.10. The molecule has 0 aliphatic carbocycles. The van der Waals surface area contributed by atoms with Crippen LogP contribution in [0.3, 0.4) is 0 Å². The molecule has 0 aliphatic rings. The van der Waals surface area contributed by atoms with E-state index in [1.165, 1.54) is 18.5 Å². The van der Waals surface area contributed by atoms with Crippen LogP contribution in [0.2, 0.25) is 0 Å².